The van der Waals surface area contributed by atoms with Crippen LogP contribution in [-0.4, -0.2) is 40.5 Å². The van der Waals surface area contributed by atoms with E-state index in [9.17, 15) is 4.21 Å². The third-order valence-corrected chi connectivity index (χ3v) is 6.98. The normalized spacial score (nSPS) is 34.1. The van der Waals surface area contributed by atoms with Gasteiger partial charge in [-0.3, -0.25) is 4.21 Å². The van der Waals surface area contributed by atoms with Crippen molar-refractivity contribution < 1.29 is 8.95 Å². The Hall–Kier alpha value is 0.0700. The van der Waals surface area contributed by atoms with Crippen LogP contribution in [0.1, 0.15) is 52.9 Å². The summed E-state index contributed by atoms with van der Waals surface area (Å²) in [6, 6.07) is 0.398. The highest BCUT2D eigenvalue weighted by Crippen LogP contribution is 2.39. The molecule has 4 heteroatoms. The molecule has 19 heavy (non-hydrogen) atoms. The molecular weight excluding hydrogens is 258 g/mol. The molecule has 1 saturated heterocycles. The van der Waals surface area contributed by atoms with Gasteiger partial charge in [-0.2, -0.15) is 0 Å². The molecule has 2 fully saturated rings. The first-order chi connectivity index (χ1) is 9.06. The maximum absolute atomic E-state index is 12.9. The molecule has 3 atom stereocenters. The molecule has 0 bridgehead atoms. The summed E-state index contributed by atoms with van der Waals surface area (Å²) < 4.78 is 18.3. The maximum Gasteiger partial charge on any atom is 0.0509 e. The van der Waals surface area contributed by atoms with Gasteiger partial charge in [-0.25, -0.2) is 0 Å². The van der Waals surface area contributed by atoms with Crippen molar-refractivity contribution in [1.29, 1.82) is 0 Å². The van der Waals surface area contributed by atoms with Gasteiger partial charge >= 0.3 is 0 Å². The fraction of sp³-hybridized carbons (Fsp3) is 1.00. The lowest BCUT2D eigenvalue weighted by Crippen LogP contribution is -2.55. The van der Waals surface area contributed by atoms with Crippen molar-refractivity contribution in [1.82, 2.24) is 5.32 Å². The molecule has 1 heterocycles. The van der Waals surface area contributed by atoms with Crippen molar-refractivity contribution >= 4 is 10.8 Å². The van der Waals surface area contributed by atoms with Gasteiger partial charge in [-0.05, 0) is 37.6 Å². The molecule has 0 spiro atoms. The van der Waals surface area contributed by atoms with Gasteiger partial charge < -0.3 is 10.1 Å². The zero-order chi connectivity index (χ0) is 13.9. The summed E-state index contributed by atoms with van der Waals surface area (Å²) in [6.45, 7) is 9.35. The topological polar surface area (TPSA) is 38.3 Å². The number of nitrogens with one attached hydrogen (secondary N) is 1. The van der Waals surface area contributed by atoms with Crippen LogP contribution < -0.4 is 5.32 Å². The van der Waals surface area contributed by atoms with Gasteiger partial charge in [-0.15, -0.1) is 0 Å². The first-order valence-electron chi connectivity index (χ1n) is 7.77. The second-order valence-corrected chi connectivity index (χ2v) is 8.52. The zero-order valence-corrected chi connectivity index (χ0v) is 13.4. The van der Waals surface area contributed by atoms with Crippen molar-refractivity contribution in [2.75, 3.05) is 19.8 Å². The van der Waals surface area contributed by atoms with E-state index >= 15 is 0 Å². The predicted molar refractivity (Wildman–Crippen MR) is 80.9 cm³/mol. The minimum atomic E-state index is -0.714. The van der Waals surface area contributed by atoms with Crippen molar-refractivity contribution in [2.45, 2.75) is 69.4 Å². The SMILES string of the molecule is CCNC1C(S(=O)C2CCOCC2)CCCC1(C)C. The highest BCUT2D eigenvalue weighted by molar-refractivity contribution is 7.86. The van der Waals surface area contributed by atoms with Crippen LogP contribution in [0.5, 0.6) is 0 Å². The van der Waals surface area contributed by atoms with E-state index in [0.717, 1.165) is 39.0 Å². The Morgan fingerprint density at radius 3 is 2.58 bits per heavy atom. The number of rotatable bonds is 4. The molecule has 3 nitrogen and oxygen atoms in total. The predicted octanol–water partition coefficient (Wildman–Crippen LogP) is 2.47. The second-order valence-electron chi connectivity index (χ2n) is 6.59. The minimum absolute atomic E-state index is 0.264. The molecular formula is C15H29NO2S. The molecule has 0 aromatic rings. The molecule has 1 N–H and O–H groups in total. The molecule has 112 valence electrons. The molecule has 0 aromatic carbocycles. The average molecular weight is 287 g/mol. The summed E-state index contributed by atoms with van der Waals surface area (Å²) in [5.41, 5.74) is 0.264. The van der Waals surface area contributed by atoms with Crippen molar-refractivity contribution in [3.8, 4) is 0 Å². The molecule has 0 amide bonds. The summed E-state index contributed by atoms with van der Waals surface area (Å²) in [5.74, 6) is 0. The lowest BCUT2D eigenvalue weighted by atomic mass is 9.73. The highest BCUT2D eigenvalue weighted by Gasteiger charge is 2.42. The molecule has 0 radical (unpaired) electrons. The largest absolute Gasteiger partial charge is 0.381 e. The Balaban J connectivity index is 2.08. The molecule has 1 aliphatic heterocycles. The zero-order valence-electron chi connectivity index (χ0n) is 12.6. The quantitative estimate of drug-likeness (QED) is 0.863. The van der Waals surface area contributed by atoms with Crippen LogP contribution in [0.2, 0.25) is 0 Å². The third-order valence-electron chi connectivity index (χ3n) is 4.74. The van der Waals surface area contributed by atoms with E-state index in [-0.39, 0.29) is 5.41 Å². The number of hydrogen-bond acceptors (Lipinski definition) is 3. The van der Waals surface area contributed by atoms with Gasteiger partial charge in [0.25, 0.3) is 0 Å². The van der Waals surface area contributed by atoms with Crippen LogP contribution in [-0.2, 0) is 15.5 Å². The first-order valence-corrected chi connectivity index (χ1v) is 9.04. The summed E-state index contributed by atoms with van der Waals surface area (Å²) in [6.07, 6.45) is 5.52. The van der Waals surface area contributed by atoms with Gasteiger partial charge in [0.1, 0.15) is 0 Å². The lowest BCUT2D eigenvalue weighted by Gasteiger charge is -2.45. The Morgan fingerprint density at radius 1 is 1.26 bits per heavy atom. The standard InChI is InChI=1S/C15H29NO2S/c1-4-16-14-13(6-5-9-15(14,2)3)19(17)12-7-10-18-11-8-12/h12-14,16H,4-11H2,1-3H3. The van der Waals surface area contributed by atoms with E-state index in [0.29, 0.717) is 16.5 Å². The van der Waals surface area contributed by atoms with E-state index in [1.165, 1.54) is 12.8 Å². The van der Waals surface area contributed by atoms with Crippen LogP contribution in [0, 0.1) is 5.41 Å². The fourth-order valence-corrected chi connectivity index (χ4v) is 5.90. The Kier molecular flexibility index (Phi) is 5.44. The van der Waals surface area contributed by atoms with Crippen LogP contribution in [0.3, 0.4) is 0 Å². The summed E-state index contributed by atoms with van der Waals surface area (Å²) >= 11 is 0. The van der Waals surface area contributed by atoms with Gasteiger partial charge in [0, 0.05) is 35.3 Å². The Bertz CT molecular complexity index is 313. The highest BCUT2D eigenvalue weighted by atomic mass is 32.2. The van der Waals surface area contributed by atoms with Crippen molar-refractivity contribution in [2.24, 2.45) is 5.41 Å². The van der Waals surface area contributed by atoms with Gasteiger partial charge in [0.2, 0.25) is 0 Å². The number of hydrogen-bond donors (Lipinski definition) is 1. The molecule has 2 rings (SSSR count). The molecule has 2 aliphatic rings. The third kappa shape index (κ3) is 3.59. The summed E-state index contributed by atoms with van der Waals surface area (Å²) in [5, 5.41) is 4.30. The minimum Gasteiger partial charge on any atom is -0.381 e. The number of ether oxygens (including phenoxy) is 1. The van der Waals surface area contributed by atoms with E-state index in [2.05, 4.69) is 26.1 Å². The van der Waals surface area contributed by atoms with Gasteiger partial charge in [0.15, 0.2) is 0 Å². The maximum atomic E-state index is 12.9. The van der Waals surface area contributed by atoms with Gasteiger partial charge in [-0.1, -0.05) is 27.2 Å². The van der Waals surface area contributed by atoms with Crippen LogP contribution in [0.15, 0.2) is 0 Å². The van der Waals surface area contributed by atoms with Crippen LogP contribution >= 0.6 is 0 Å². The van der Waals surface area contributed by atoms with Crippen molar-refractivity contribution in [3.05, 3.63) is 0 Å². The second kappa shape index (κ2) is 6.68. The average Bonchev–Trinajstić information content (AvgIpc) is 2.41. The molecule has 3 unspecified atom stereocenters. The van der Waals surface area contributed by atoms with E-state index in [1.807, 2.05) is 0 Å². The van der Waals surface area contributed by atoms with E-state index in [1.54, 1.807) is 0 Å². The molecule has 1 saturated carbocycles. The van der Waals surface area contributed by atoms with Gasteiger partial charge in [0.05, 0.1) is 5.25 Å². The summed E-state index contributed by atoms with van der Waals surface area (Å²) in [4.78, 5) is 0. The van der Waals surface area contributed by atoms with Crippen LogP contribution in [0.4, 0.5) is 0 Å². The Labute approximate surface area is 120 Å². The smallest absolute Gasteiger partial charge is 0.0509 e. The van der Waals surface area contributed by atoms with Crippen molar-refractivity contribution in [3.63, 3.8) is 0 Å². The summed E-state index contributed by atoms with van der Waals surface area (Å²) in [7, 11) is -0.714. The van der Waals surface area contributed by atoms with E-state index < -0.39 is 10.8 Å². The van der Waals surface area contributed by atoms with E-state index in [4.69, 9.17) is 4.74 Å². The monoisotopic (exact) mass is 287 g/mol. The Morgan fingerprint density at radius 2 is 1.95 bits per heavy atom. The fourth-order valence-electron chi connectivity index (χ4n) is 3.62. The molecule has 1 aliphatic carbocycles. The molecule has 0 aromatic heterocycles. The van der Waals surface area contributed by atoms with Crippen LogP contribution in [0.25, 0.3) is 0 Å². The first kappa shape index (κ1) is 15.5. The lowest BCUT2D eigenvalue weighted by molar-refractivity contribution is 0.0984.